The van der Waals surface area contributed by atoms with Gasteiger partial charge in [-0.05, 0) is 95.0 Å². The topological polar surface area (TPSA) is 69.9 Å². The van der Waals surface area contributed by atoms with Gasteiger partial charge in [0.2, 0.25) is 5.89 Å². The van der Waals surface area contributed by atoms with Crippen molar-refractivity contribution in [2.45, 2.75) is 72.6 Å². The standard InChI is InChI=1S/C46H42N4O2/c1-25(2)31-22-29(28-14-10-9-11-15-28)23-32(26(3)4)41(31)50-37-17-13-12-16-35(37)48-44(50)30-19-18-27(5)39-40-38(51-43(30)39)24-33-34(47-40)20-21-36-42(33)52-45(49-36)46(6,7)8/h9-26H,1-8H3/i5D3. The molecule has 52 heavy (non-hydrogen) atoms. The van der Waals surface area contributed by atoms with Crippen LogP contribution < -0.4 is 0 Å². The van der Waals surface area contributed by atoms with Gasteiger partial charge in [-0.3, -0.25) is 4.57 Å². The minimum Gasteiger partial charge on any atom is -0.454 e. The zero-order valence-electron chi connectivity index (χ0n) is 33.5. The largest absolute Gasteiger partial charge is 0.454 e. The lowest BCUT2D eigenvalue weighted by molar-refractivity contribution is 0.412. The summed E-state index contributed by atoms with van der Waals surface area (Å²) < 4.78 is 41.2. The fourth-order valence-electron chi connectivity index (χ4n) is 7.45. The number of para-hydroxylation sites is 2. The molecule has 0 aliphatic carbocycles. The minimum absolute atomic E-state index is 0.174. The van der Waals surface area contributed by atoms with E-state index in [1.54, 1.807) is 6.07 Å². The summed E-state index contributed by atoms with van der Waals surface area (Å²) in [6.07, 6.45) is 0. The highest BCUT2D eigenvalue weighted by Gasteiger charge is 2.27. The van der Waals surface area contributed by atoms with E-state index in [1.807, 2.05) is 48.5 Å². The molecule has 0 spiro atoms. The molecule has 5 aromatic carbocycles. The number of pyridine rings is 1. The van der Waals surface area contributed by atoms with Gasteiger partial charge in [0.25, 0.3) is 0 Å². The highest BCUT2D eigenvalue weighted by Crippen LogP contribution is 2.44. The van der Waals surface area contributed by atoms with Crippen molar-refractivity contribution < 1.29 is 12.9 Å². The second-order valence-corrected chi connectivity index (χ2v) is 15.5. The number of rotatable bonds is 5. The second kappa shape index (κ2) is 11.6. The van der Waals surface area contributed by atoms with Crippen LogP contribution in [0.2, 0.25) is 0 Å². The van der Waals surface area contributed by atoms with E-state index >= 15 is 0 Å². The maximum absolute atomic E-state index is 8.60. The molecule has 0 saturated carbocycles. The molecule has 0 unspecified atom stereocenters. The monoisotopic (exact) mass is 685 g/mol. The minimum atomic E-state index is -2.43. The number of benzene rings is 5. The highest BCUT2D eigenvalue weighted by atomic mass is 16.4. The molecule has 9 aromatic rings. The Morgan fingerprint density at radius 1 is 0.673 bits per heavy atom. The third-order valence-electron chi connectivity index (χ3n) is 10.1. The van der Waals surface area contributed by atoms with Crippen molar-refractivity contribution in [1.29, 1.82) is 0 Å². The molecule has 0 saturated heterocycles. The molecule has 0 radical (unpaired) electrons. The van der Waals surface area contributed by atoms with Crippen molar-refractivity contribution in [3.05, 3.63) is 120 Å². The molecule has 0 fully saturated rings. The Kier molecular flexibility index (Phi) is 6.47. The molecule has 0 bridgehead atoms. The molecule has 6 heteroatoms. The molecule has 0 amide bonds. The molecule has 4 heterocycles. The van der Waals surface area contributed by atoms with E-state index in [0.717, 1.165) is 38.8 Å². The van der Waals surface area contributed by atoms with Crippen LogP contribution in [-0.4, -0.2) is 19.5 Å². The summed E-state index contributed by atoms with van der Waals surface area (Å²) in [5.41, 5.74) is 11.5. The first-order valence-electron chi connectivity index (χ1n) is 19.5. The predicted molar refractivity (Wildman–Crippen MR) is 214 cm³/mol. The highest BCUT2D eigenvalue weighted by molar-refractivity contribution is 6.14. The van der Waals surface area contributed by atoms with Crippen molar-refractivity contribution in [3.8, 4) is 28.2 Å². The Morgan fingerprint density at radius 3 is 2.10 bits per heavy atom. The van der Waals surface area contributed by atoms with E-state index in [1.165, 1.54) is 11.1 Å². The quantitative estimate of drug-likeness (QED) is 0.180. The lowest BCUT2D eigenvalue weighted by Crippen LogP contribution is -2.10. The molecular weight excluding hydrogens is 641 g/mol. The van der Waals surface area contributed by atoms with E-state index in [-0.39, 0.29) is 22.8 Å². The summed E-state index contributed by atoms with van der Waals surface area (Å²) in [5.74, 6) is 1.65. The summed E-state index contributed by atoms with van der Waals surface area (Å²) in [6.45, 7) is 12.7. The zero-order chi connectivity index (χ0) is 38.6. The average molecular weight is 686 g/mol. The summed E-state index contributed by atoms with van der Waals surface area (Å²) in [4.78, 5) is 15.1. The number of nitrogens with zero attached hydrogens (tertiary/aromatic N) is 4. The molecule has 6 nitrogen and oxygen atoms in total. The molecule has 0 aliphatic heterocycles. The number of furan rings is 1. The fraction of sp³-hybridized carbons (Fsp3) is 0.239. The van der Waals surface area contributed by atoms with Gasteiger partial charge in [-0.25, -0.2) is 15.0 Å². The molecule has 0 N–H and O–H groups in total. The summed E-state index contributed by atoms with van der Waals surface area (Å²) in [6, 6.07) is 32.5. The Bertz CT molecular complexity index is 2930. The SMILES string of the molecule is [2H]C([2H])([2H])c1ccc(-c2nc3ccccc3n2-c2c(C(C)C)cc(-c3ccccc3)cc2C(C)C)c2oc3cc4c(ccc5nc(C(C)(C)C)oc54)nc3c12. The number of fused-ring (bicyclic) bond motifs is 7. The molecule has 0 aliphatic rings. The van der Waals surface area contributed by atoms with E-state index in [9.17, 15) is 0 Å². The first-order valence-corrected chi connectivity index (χ1v) is 18.0. The van der Waals surface area contributed by atoms with E-state index in [0.29, 0.717) is 50.4 Å². The number of imidazole rings is 1. The Balaban J connectivity index is 1.38. The summed E-state index contributed by atoms with van der Waals surface area (Å²) in [5, 5.41) is 1.20. The van der Waals surface area contributed by atoms with Crippen LogP contribution in [0.1, 0.15) is 87.0 Å². The van der Waals surface area contributed by atoms with Crippen molar-refractivity contribution in [2.75, 3.05) is 0 Å². The van der Waals surface area contributed by atoms with Gasteiger partial charge in [0, 0.05) is 14.9 Å². The number of aryl methyl sites for hydroxylation is 1. The Labute approximate surface area is 307 Å². The maximum Gasteiger partial charge on any atom is 0.200 e. The number of hydrogen-bond acceptors (Lipinski definition) is 5. The van der Waals surface area contributed by atoms with Crippen LogP contribution in [0, 0.1) is 6.85 Å². The van der Waals surface area contributed by atoms with E-state index in [4.69, 9.17) is 27.9 Å². The number of hydrogen-bond donors (Lipinski definition) is 0. The van der Waals surface area contributed by atoms with Gasteiger partial charge < -0.3 is 8.83 Å². The van der Waals surface area contributed by atoms with Gasteiger partial charge in [-0.1, -0.05) is 97.0 Å². The van der Waals surface area contributed by atoms with Gasteiger partial charge in [-0.2, -0.15) is 0 Å². The van der Waals surface area contributed by atoms with Crippen LogP contribution in [0.4, 0.5) is 0 Å². The first-order chi connectivity index (χ1) is 26.2. The van der Waals surface area contributed by atoms with Gasteiger partial charge in [0.05, 0.1) is 33.2 Å². The van der Waals surface area contributed by atoms with E-state index in [2.05, 4.69) is 95.5 Å². The molecule has 258 valence electrons. The third kappa shape index (κ3) is 4.95. The maximum atomic E-state index is 8.60. The normalized spacial score (nSPS) is 13.7. The molecular formula is C46H42N4O2. The lowest BCUT2D eigenvalue weighted by Gasteiger charge is -2.24. The van der Waals surface area contributed by atoms with Crippen molar-refractivity contribution in [2.24, 2.45) is 0 Å². The van der Waals surface area contributed by atoms with Gasteiger partial charge in [0.1, 0.15) is 22.4 Å². The van der Waals surface area contributed by atoms with Gasteiger partial charge in [-0.15, -0.1) is 0 Å². The van der Waals surface area contributed by atoms with Gasteiger partial charge in [0.15, 0.2) is 11.2 Å². The smallest absolute Gasteiger partial charge is 0.200 e. The van der Waals surface area contributed by atoms with Crippen molar-refractivity contribution in [1.82, 2.24) is 19.5 Å². The Hall–Kier alpha value is -5.75. The van der Waals surface area contributed by atoms with E-state index < -0.39 is 6.85 Å². The lowest BCUT2D eigenvalue weighted by atomic mass is 9.88. The van der Waals surface area contributed by atoms with Crippen LogP contribution >= 0.6 is 0 Å². The second-order valence-electron chi connectivity index (χ2n) is 15.5. The van der Waals surface area contributed by atoms with Crippen LogP contribution in [0.5, 0.6) is 0 Å². The zero-order valence-corrected chi connectivity index (χ0v) is 30.5. The van der Waals surface area contributed by atoms with Crippen molar-refractivity contribution in [3.63, 3.8) is 0 Å². The van der Waals surface area contributed by atoms with Crippen LogP contribution in [0.3, 0.4) is 0 Å². The number of oxazole rings is 1. The first kappa shape index (κ1) is 28.9. The van der Waals surface area contributed by atoms with Crippen LogP contribution in [0.15, 0.2) is 106 Å². The van der Waals surface area contributed by atoms with Crippen molar-refractivity contribution >= 4 is 55.1 Å². The molecule has 0 atom stereocenters. The predicted octanol–water partition coefficient (Wildman–Crippen LogP) is 12.8. The molecule has 4 aromatic heterocycles. The summed E-state index contributed by atoms with van der Waals surface area (Å²) in [7, 11) is 0. The van der Waals surface area contributed by atoms with Crippen LogP contribution in [0.25, 0.3) is 83.3 Å². The van der Waals surface area contributed by atoms with Gasteiger partial charge >= 0.3 is 0 Å². The number of aromatic nitrogens is 4. The average Bonchev–Trinajstić information content (AvgIpc) is 3.87. The Morgan fingerprint density at radius 2 is 1.38 bits per heavy atom. The third-order valence-corrected chi connectivity index (χ3v) is 10.1. The van der Waals surface area contributed by atoms with Crippen LogP contribution in [-0.2, 0) is 5.41 Å². The molecule has 9 rings (SSSR count). The summed E-state index contributed by atoms with van der Waals surface area (Å²) >= 11 is 0. The fourth-order valence-corrected chi connectivity index (χ4v) is 7.45.